The van der Waals surface area contributed by atoms with Crippen LogP contribution in [0.25, 0.3) is 22.4 Å². The van der Waals surface area contributed by atoms with Crippen LogP contribution in [0.5, 0.6) is 0 Å². The van der Waals surface area contributed by atoms with Crippen LogP contribution in [-0.4, -0.2) is 84.2 Å². The number of fused-ring (bicyclic) bond motifs is 1. The van der Waals surface area contributed by atoms with Crippen molar-refractivity contribution >= 4 is 29.1 Å². The van der Waals surface area contributed by atoms with Crippen molar-refractivity contribution < 1.29 is 23.5 Å². The molecule has 3 aromatic rings. The van der Waals surface area contributed by atoms with E-state index in [0.717, 1.165) is 55.7 Å². The number of imidazole rings is 1. The Morgan fingerprint density at radius 3 is 2.43 bits per heavy atom. The van der Waals surface area contributed by atoms with E-state index in [1.54, 1.807) is 24.3 Å². The number of para-hydroxylation sites is 2. The molecule has 200 valence electrons. The van der Waals surface area contributed by atoms with Crippen LogP contribution in [0.1, 0.15) is 25.8 Å². The molecule has 1 aromatic heterocycles. The lowest BCUT2D eigenvalue weighted by Crippen LogP contribution is -2.41. The van der Waals surface area contributed by atoms with Gasteiger partial charge in [-0.25, -0.2) is 4.98 Å². The van der Waals surface area contributed by atoms with Gasteiger partial charge in [-0.2, -0.15) is 8.78 Å². The fourth-order valence-electron chi connectivity index (χ4n) is 4.72. The molecule has 10 heteroatoms. The molecule has 1 amide bonds. The molecule has 1 aliphatic rings. The Hall–Kier alpha value is -3.53. The number of anilines is 1. The molecule has 0 radical (unpaired) electrons. The van der Waals surface area contributed by atoms with Crippen LogP contribution in [-0.2, 0) is 9.59 Å². The molecule has 0 bridgehead atoms. The lowest BCUT2D eigenvalue weighted by atomic mass is 9.94. The summed E-state index contributed by atoms with van der Waals surface area (Å²) >= 11 is 0. The highest BCUT2D eigenvalue weighted by molar-refractivity contribution is 5.81. The predicted octanol–water partition coefficient (Wildman–Crippen LogP) is 4.43. The van der Waals surface area contributed by atoms with Crippen molar-refractivity contribution in [3.8, 4) is 11.4 Å². The van der Waals surface area contributed by atoms with Crippen molar-refractivity contribution in [2.45, 2.75) is 25.8 Å². The van der Waals surface area contributed by atoms with E-state index in [1.165, 1.54) is 0 Å². The minimum Gasteiger partial charge on any atom is -0.483 e. The van der Waals surface area contributed by atoms with Crippen LogP contribution in [0, 0.1) is 5.92 Å². The summed E-state index contributed by atoms with van der Waals surface area (Å²) in [6, 6.07) is 14.6. The third-order valence-corrected chi connectivity index (χ3v) is 6.58. The average Bonchev–Trinajstić information content (AvgIpc) is 3.29. The Morgan fingerprint density at radius 2 is 1.78 bits per heavy atom. The number of carbonyl (C=O) groups is 2. The van der Waals surface area contributed by atoms with Gasteiger partial charge in [0.05, 0.1) is 11.0 Å². The standard InChI is InChI=1S/C26H33F2N5O.CH2O2/c1-30(2)14-7-15-31(3)25(34)19-12-16-32(17-13-19)21-9-6-8-20(18-21)24-29-22-10-4-5-11-23(22)33(24)26(27)28;2-1-3/h4-6,8-11,18-19,26H,7,12-17H2,1-3H3;1H,(H,2,3). The molecule has 0 unspecified atom stereocenters. The molecule has 1 aliphatic heterocycles. The molecule has 2 aromatic carbocycles. The van der Waals surface area contributed by atoms with Crippen molar-refractivity contribution in [3.05, 3.63) is 48.5 Å². The van der Waals surface area contributed by atoms with Gasteiger partial charge in [0.2, 0.25) is 5.91 Å². The minimum absolute atomic E-state index is 0.0341. The van der Waals surface area contributed by atoms with Crippen molar-refractivity contribution in [2.75, 3.05) is 52.2 Å². The SMILES string of the molecule is CN(C)CCCN(C)C(=O)C1CCN(c2cccc(-c3nc4ccccc4n3C(F)F)c2)CC1.O=CO. The number of halogens is 2. The maximum atomic E-state index is 13.9. The first-order valence-electron chi connectivity index (χ1n) is 12.3. The summed E-state index contributed by atoms with van der Waals surface area (Å²) in [5.74, 6) is 0.520. The van der Waals surface area contributed by atoms with Crippen molar-refractivity contribution in [2.24, 2.45) is 5.92 Å². The number of rotatable bonds is 8. The van der Waals surface area contributed by atoms with Gasteiger partial charge in [0, 0.05) is 43.9 Å². The molecule has 4 rings (SSSR count). The first-order chi connectivity index (χ1) is 17.8. The topological polar surface area (TPSA) is 81.9 Å². The van der Waals surface area contributed by atoms with E-state index in [2.05, 4.69) is 14.8 Å². The second kappa shape index (κ2) is 13.1. The lowest BCUT2D eigenvalue weighted by Gasteiger charge is -2.34. The zero-order valence-corrected chi connectivity index (χ0v) is 21.6. The Labute approximate surface area is 216 Å². The number of benzene rings is 2. The van der Waals surface area contributed by atoms with Crippen LogP contribution in [0.4, 0.5) is 14.5 Å². The Morgan fingerprint density at radius 1 is 1.11 bits per heavy atom. The largest absolute Gasteiger partial charge is 0.483 e. The molecule has 8 nitrogen and oxygen atoms in total. The number of carbonyl (C=O) groups excluding carboxylic acids is 1. The van der Waals surface area contributed by atoms with E-state index in [0.29, 0.717) is 16.6 Å². The maximum absolute atomic E-state index is 13.9. The average molecular weight is 516 g/mol. The van der Waals surface area contributed by atoms with E-state index in [4.69, 9.17) is 9.90 Å². The highest BCUT2D eigenvalue weighted by Crippen LogP contribution is 2.32. The molecule has 0 saturated carbocycles. The van der Waals surface area contributed by atoms with Crippen LogP contribution >= 0.6 is 0 Å². The summed E-state index contributed by atoms with van der Waals surface area (Å²) in [4.78, 5) is 31.9. The number of hydrogen-bond acceptors (Lipinski definition) is 5. The van der Waals surface area contributed by atoms with Crippen molar-refractivity contribution in [1.82, 2.24) is 19.4 Å². The van der Waals surface area contributed by atoms with Gasteiger partial charge in [-0.3, -0.25) is 14.2 Å². The van der Waals surface area contributed by atoms with Gasteiger partial charge >= 0.3 is 6.55 Å². The minimum atomic E-state index is -2.68. The van der Waals surface area contributed by atoms with Gasteiger partial charge in [-0.15, -0.1) is 0 Å². The number of nitrogens with zero attached hydrogens (tertiary/aromatic N) is 5. The summed E-state index contributed by atoms with van der Waals surface area (Å²) in [6.45, 7) is 0.325. The number of carboxylic acid groups (broad SMARTS) is 1. The fourth-order valence-corrected chi connectivity index (χ4v) is 4.72. The van der Waals surface area contributed by atoms with Gasteiger partial charge in [-0.1, -0.05) is 24.3 Å². The molecule has 0 spiro atoms. The van der Waals surface area contributed by atoms with Crippen LogP contribution in [0.15, 0.2) is 48.5 Å². The first kappa shape index (κ1) is 28.0. The van der Waals surface area contributed by atoms with Gasteiger partial charge in [0.15, 0.2) is 0 Å². The maximum Gasteiger partial charge on any atom is 0.320 e. The highest BCUT2D eigenvalue weighted by Gasteiger charge is 2.27. The van der Waals surface area contributed by atoms with E-state index in [1.807, 2.05) is 50.3 Å². The van der Waals surface area contributed by atoms with Crippen LogP contribution < -0.4 is 4.90 Å². The third kappa shape index (κ3) is 7.03. The zero-order valence-electron chi connectivity index (χ0n) is 21.6. The molecular weight excluding hydrogens is 480 g/mol. The van der Waals surface area contributed by atoms with Crippen molar-refractivity contribution in [1.29, 1.82) is 0 Å². The summed E-state index contributed by atoms with van der Waals surface area (Å²) in [6.07, 6.45) is 2.54. The second-order valence-electron chi connectivity index (χ2n) is 9.41. The molecule has 1 N–H and O–H groups in total. The van der Waals surface area contributed by atoms with Crippen molar-refractivity contribution in [3.63, 3.8) is 0 Å². The summed E-state index contributed by atoms with van der Waals surface area (Å²) in [7, 11) is 5.97. The summed E-state index contributed by atoms with van der Waals surface area (Å²) < 4.78 is 28.8. The van der Waals surface area contributed by atoms with Gasteiger partial charge < -0.3 is 19.8 Å². The molecule has 2 heterocycles. The number of piperidine rings is 1. The second-order valence-corrected chi connectivity index (χ2v) is 9.41. The summed E-state index contributed by atoms with van der Waals surface area (Å²) in [5, 5.41) is 6.89. The fraction of sp³-hybridized carbons (Fsp3) is 0.444. The Balaban J connectivity index is 0.00000121. The normalized spacial score (nSPS) is 14.1. The van der Waals surface area contributed by atoms with E-state index in [9.17, 15) is 13.6 Å². The molecule has 1 saturated heterocycles. The van der Waals surface area contributed by atoms with Gasteiger partial charge in [0.25, 0.3) is 6.47 Å². The number of hydrogen-bond donors (Lipinski definition) is 1. The van der Waals surface area contributed by atoms with Gasteiger partial charge in [-0.05, 0) is 64.2 Å². The zero-order chi connectivity index (χ0) is 26.9. The number of amides is 1. The Kier molecular flexibility index (Phi) is 9.96. The van der Waals surface area contributed by atoms with Crippen LogP contribution in [0.3, 0.4) is 0 Å². The molecule has 0 aliphatic carbocycles. The van der Waals surface area contributed by atoms with E-state index in [-0.39, 0.29) is 24.1 Å². The number of aromatic nitrogens is 2. The predicted molar refractivity (Wildman–Crippen MR) is 141 cm³/mol. The molecule has 37 heavy (non-hydrogen) atoms. The monoisotopic (exact) mass is 515 g/mol. The molecular formula is C27H35F2N5O3. The summed E-state index contributed by atoms with van der Waals surface area (Å²) in [5.41, 5.74) is 2.60. The third-order valence-electron chi connectivity index (χ3n) is 6.58. The lowest BCUT2D eigenvalue weighted by molar-refractivity contribution is -0.135. The number of alkyl halides is 2. The molecule has 0 atom stereocenters. The quantitative estimate of drug-likeness (QED) is 0.447. The Bertz CT molecular complexity index is 1180. The highest BCUT2D eigenvalue weighted by atomic mass is 19.3. The first-order valence-corrected chi connectivity index (χ1v) is 12.3. The van der Waals surface area contributed by atoms with Gasteiger partial charge in [0.1, 0.15) is 5.82 Å². The smallest absolute Gasteiger partial charge is 0.320 e. The van der Waals surface area contributed by atoms with Crippen LogP contribution in [0.2, 0.25) is 0 Å². The van der Waals surface area contributed by atoms with E-state index >= 15 is 0 Å². The molecule has 1 fully saturated rings. The van der Waals surface area contributed by atoms with E-state index < -0.39 is 6.55 Å².